The largest absolute Gasteiger partial charge is 0.478 e. The van der Waals surface area contributed by atoms with Crippen LogP contribution in [0, 0.1) is 28.8 Å². The average Bonchev–Trinajstić information content (AvgIpc) is 3.31. The first-order chi connectivity index (χ1) is 20.8. The fourth-order valence-corrected chi connectivity index (χ4v) is 4.75. The number of imidazole rings is 1. The Morgan fingerprint density at radius 2 is 1.84 bits per heavy atom. The molecule has 0 amide bonds. The topological polar surface area (TPSA) is 123 Å². The summed E-state index contributed by atoms with van der Waals surface area (Å²) in [5.74, 6) is -3.09. The van der Waals surface area contributed by atoms with Crippen LogP contribution in [0.3, 0.4) is 0 Å². The van der Waals surface area contributed by atoms with Crippen LogP contribution in [0.25, 0.3) is 22.4 Å². The van der Waals surface area contributed by atoms with Crippen LogP contribution in [0.4, 0.5) is 13.2 Å². The highest BCUT2D eigenvalue weighted by atomic mass is 19.1. The monoisotopic (exact) mass is 585 g/mol. The van der Waals surface area contributed by atoms with Crippen molar-refractivity contribution >= 4 is 17.0 Å². The normalized spacial score (nSPS) is 14.3. The van der Waals surface area contributed by atoms with Crippen molar-refractivity contribution in [2.75, 3.05) is 6.61 Å². The Kier molecular flexibility index (Phi) is 7.48. The first-order valence-corrected chi connectivity index (χ1v) is 13.3. The van der Waals surface area contributed by atoms with Gasteiger partial charge in [-0.15, -0.1) is 0 Å². The molecule has 0 saturated carbocycles. The summed E-state index contributed by atoms with van der Waals surface area (Å²) in [5.41, 5.74) is 2.15. The number of carboxylic acid groups (broad SMARTS) is 1. The summed E-state index contributed by atoms with van der Waals surface area (Å²) < 4.78 is 56.8. The number of rotatable bonds is 9. The highest BCUT2D eigenvalue weighted by Gasteiger charge is 2.23. The summed E-state index contributed by atoms with van der Waals surface area (Å²) >= 11 is 0. The maximum Gasteiger partial charge on any atom is 0.335 e. The van der Waals surface area contributed by atoms with Crippen molar-refractivity contribution in [2.24, 2.45) is 0 Å². The number of hydrogen-bond acceptors (Lipinski definition) is 7. The van der Waals surface area contributed by atoms with Gasteiger partial charge in [-0.25, -0.2) is 23.5 Å². The summed E-state index contributed by atoms with van der Waals surface area (Å²) in [6.45, 7) is 0.750. The fourth-order valence-electron chi connectivity index (χ4n) is 4.75. The molecular formula is C31H22F3N5O4. The van der Waals surface area contributed by atoms with Crippen molar-refractivity contribution in [3.63, 3.8) is 0 Å². The predicted octanol–water partition coefficient (Wildman–Crippen LogP) is 5.44. The number of aromatic carboxylic acids is 1. The zero-order chi connectivity index (χ0) is 30.1. The van der Waals surface area contributed by atoms with Gasteiger partial charge in [0.05, 0.1) is 47.1 Å². The van der Waals surface area contributed by atoms with Gasteiger partial charge in [-0.1, -0.05) is 18.2 Å². The number of ether oxygens (including phenoxy) is 2. The van der Waals surface area contributed by atoms with Crippen molar-refractivity contribution in [2.45, 2.75) is 32.1 Å². The van der Waals surface area contributed by atoms with Crippen LogP contribution in [0.15, 0.2) is 60.8 Å². The Labute approximate surface area is 242 Å². The molecule has 3 aromatic carbocycles. The molecule has 0 spiro atoms. The molecule has 1 aliphatic rings. The molecule has 0 radical (unpaired) electrons. The lowest BCUT2D eigenvalue weighted by Gasteiger charge is -2.27. The Balaban J connectivity index is 1.25. The number of fused-ring (bicyclic) bond motifs is 1. The van der Waals surface area contributed by atoms with Crippen LogP contribution in [0.5, 0.6) is 5.88 Å². The summed E-state index contributed by atoms with van der Waals surface area (Å²) in [5, 5.41) is 18.3. The number of carbonyl (C=O) groups is 1. The molecule has 3 heterocycles. The van der Waals surface area contributed by atoms with Gasteiger partial charge in [0, 0.05) is 24.2 Å². The van der Waals surface area contributed by atoms with E-state index in [2.05, 4.69) is 15.0 Å². The zero-order valence-corrected chi connectivity index (χ0v) is 22.4. The Bertz CT molecular complexity index is 1920. The van der Waals surface area contributed by atoms with E-state index in [9.17, 15) is 18.7 Å². The van der Waals surface area contributed by atoms with Crippen molar-refractivity contribution in [3.8, 4) is 23.3 Å². The number of aromatic nitrogens is 4. The van der Waals surface area contributed by atoms with E-state index < -0.39 is 29.3 Å². The Hall–Kier alpha value is -5.28. The van der Waals surface area contributed by atoms with Crippen LogP contribution < -0.4 is 4.74 Å². The lowest BCUT2D eigenvalue weighted by molar-refractivity contribution is -0.0589. The SMILES string of the molecule is N#Cc1ccc(COc2nc(-c3ccc(Cc4nc5ccc(C(=O)O)cc5n4CC4CCO4)c(F)c3)ncc2F)c(F)c1. The van der Waals surface area contributed by atoms with Gasteiger partial charge in [-0.3, -0.25) is 0 Å². The van der Waals surface area contributed by atoms with Gasteiger partial charge in [-0.05, 0) is 48.4 Å². The molecule has 1 atom stereocenters. The van der Waals surface area contributed by atoms with Crippen LogP contribution in [-0.4, -0.2) is 43.3 Å². The molecule has 216 valence electrons. The van der Waals surface area contributed by atoms with Crippen molar-refractivity contribution in [1.29, 1.82) is 5.26 Å². The quantitative estimate of drug-likeness (QED) is 0.243. The van der Waals surface area contributed by atoms with Gasteiger partial charge in [0.25, 0.3) is 5.88 Å². The number of hydrogen-bond donors (Lipinski definition) is 1. The molecule has 9 nitrogen and oxygen atoms in total. The van der Waals surface area contributed by atoms with Gasteiger partial charge in [0.15, 0.2) is 5.82 Å². The minimum absolute atomic E-state index is 0.00211. The highest BCUT2D eigenvalue weighted by Crippen LogP contribution is 2.27. The van der Waals surface area contributed by atoms with Crippen molar-refractivity contribution in [3.05, 3.63) is 106 Å². The third-order valence-electron chi connectivity index (χ3n) is 7.17. The van der Waals surface area contributed by atoms with Crippen molar-refractivity contribution < 1.29 is 32.5 Å². The van der Waals surface area contributed by atoms with E-state index in [4.69, 9.17) is 14.7 Å². The lowest BCUT2D eigenvalue weighted by Crippen LogP contribution is -2.31. The van der Waals surface area contributed by atoms with E-state index >= 15 is 4.39 Å². The van der Waals surface area contributed by atoms with Gasteiger partial charge < -0.3 is 19.1 Å². The maximum absolute atomic E-state index is 15.4. The minimum Gasteiger partial charge on any atom is -0.478 e. The third-order valence-corrected chi connectivity index (χ3v) is 7.17. The predicted molar refractivity (Wildman–Crippen MR) is 147 cm³/mol. The van der Waals surface area contributed by atoms with Gasteiger partial charge >= 0.3 is 5.97 Å². The van der Waals surface area contributed by atoms with Gasteiger partial charge in [0.1, 0.15) is 24.1 Å². The maximum atomic E-state index is 15.4. The smallest absolute Gasteiger partial charge is 0.335 e. The molecule has 6 rings (SSSR count). The van der Waals surface area contributed by atoms with Crippen LogP contribution in [-0.2, 0) is 24.3 Å². The molecule has 1 N–H and O–H groups in total. The molecule has 0 bridgehead atoms. The molecule has 1 aliphatic heterocycles. The molecule has 43 heavy (non-hydrogen) atoms. The second-order valence-electron chi connectivity index (χ2n) is 9.97. The highest BCUT2D eigenvalue weighted by molar-refractivity contribution is 5.92. The van der Waals surface area contributed by atoms with Crippen LogP contribution in [0.2, 0.25) is 0 Å². The number of nitrogens with zero attached hydrogens (tertiary/aromatic N) is 5. The molecular weight excluding hydrogens is 563 g/mol. The molecule has 0 aliphatic carbocycles. The standard InChI is InChI=1S/C31H22F3N5O4/c32-23-9-17(13-35)1-2-21(23)16-43-30-25(34)14-36-29(38-30)19-4-3-18(24(33)10-19)12-28-37-26-6-5-20(31(40)41)11-27(26)39(28)15-22-7-8-42-22/h1-6,9-11,14,22H,7-8,12,15-16H2,(H,40,41). The van der Waals surface area contributed by atoms with Crippen molar-refractivity contribution in [1.82, 2.24) is 19.5 Å². The Morgan fingerprint density at radius 1 is 1.05 bits per heavy atom. The summed E-state index contributed by atoms with van der Waals surface area (Å²) in [6, 6.07) is 14.7. The summed E-state index contributed by atoms with van der Waals surface area (Å²) in [6.07, 6.45) is 1.81. The van der Waals surface area contributed by atoms with E-state index in [1.807, 2.05) is 10.6 Å². The molecule has 1 fully saturated rings. The average molecular weight is 586 g/mol. The second kappa shape index (κ2) is 11.5. The number of nitriles is 1. The number of benzene rings is 3. The summed E-state index contributed by atoms with van der Waals surface area (Å²) in [7, 11) is 0. The molecule has 1 saturated heterocycles. The number of halogens is 3. The molecule has 2 aromatic heterocycles. The minimum atomic E-state index is -1.06. The van der Waals surface area contributed by atoms with E-state index in [1.165, 1.54) is 24.3 Å². The van der Waals surface area contributed by atoms with Gasteiger partial charge in [0.2, 0.25) is 5.82 Å². The number of carboxylic acids is 1. The summed E-state index contributed by atoms with van der Waals surface area (Å²) in [4.78, 5) is 24.2. The first kappa shape index (κ1) is 27.9. The van der Waals surface area contributed by atoms with Crippen LogP contribution in [0.1, 0.15) is 39.3 Å². The lowest BCUT2D eigenvalue weighted by atomic mass is 10.1. The van der Waals surface area contributed by atoms with E-state index in [0.717, 1.165) is 18.7 Å². The molecule has 5 aromatic rings. The molecule has 12 heteroatoms. The Morgan fingerprint density at radius 3 is 2.53 bits per heavy atom. The molecule has 1 unspecified atom stereocenters. The van der Waals surface area contributed by atoms with E-state index in [1.54, 1.807) is 24.3 Å². The third kappa shape index (κ3) is 5.75. The fraction of sp³-hybridized carbons (Fsp3) is 0.194. The zero-order valence-electron chi connectivity index (χ0n) is 22.4. The first-order valence-electron chi connectivity index (χ1n) is 13.3. The van der Waals surface area contributed by atoms with E-state index in [0.29, 0.717) is 35.6 Å². The van der Waals surface area contributed by atoms with E-state index in [-0.39, 0.29) is 47.2 Å². The van der Waals surface area contributed by atoms with Crippen LogP contribution >= 0.6 is 0 Å². The second-order valence-corrected chi connectivity index (χ2v) is 9.97. The van der Waals surface area contributed by atoms with Gasteiger partial charge in [-0.2, -0.15) is 14.6 Å².